The molecule has 4 N–H and O–H groups in total. The number of ketones is 1. The molecule has 0 aliphatic carbocycles. The molecule has 0 bridgehead atoms. The van der Waals surface area contributed by atoms with E-state index in [1.54, 1.807) is 64.1 Å². The predicted molar refractivity (Wildman–Crippen MR) is 228 cm³/mol. The monoisotopic (exact) mass is 865 g/mol. The third-order valence-electron chi connectivity index (χ3n) is 12.4. The number of anilines is 2. The highest BCUT2D eigenvalue weighted by molar-refractivity contribution is 6.39. The Labute approximate surface area is 359 Å². The number of Topliss-reactive ketones (excluding diaryl/α,β-unsaturated/α-hetero) is 1. The van der Waals surface area contributed by atoms with Gasteiger partial charge < -0.3 is 44.5 Å². The van der Waals surface area contributed by atoms with Gasteiger partial charge in [-0.2, -0.15) is 0 Å². The minimum atomic E-state index is -1.84. The Hall–Kier alpha value is -2.85. The van der Waals surface area contributed by atoms with Gasteiger partial charge in [-0.15, -0.1) is 0 Å². The molecule has 15 heteroatoms. The molecule has 2 aromatic carbocycles. The number of rotatable bonds is 9. The van der Waals surface area contributed by atoms with Gasteiger partial charge in [0.25, 0.3) is 0 Å². The molecule has 0 spiro atoms. The number of ether oxygens (including phenoxy) is 4. The molecule has 13 atom stereocenters. The summed E-state index contributed by atoms with van der Waals surface area (Å²) in [6.07, 6.45) is -5.19. The lowest BCUT2D eigenvalue weighted by Gasteiger charge is -2.46. The summed E-state index contributed by atoms with van der Waals surface area (Å²) in [5.74, 6) is -4.41. The minimum Gasteiger partial charge on any atom is -0.459 e. The number of benzene rings is 2. The van der Waals surface area contributed by atoms with Gasteiger partial charge in [-0.3, -0.25) is 19.3 Å². The van der Waals surface area contributed by atoms with E-state index in [0.717, 1.165) is 0 Å². The van der Waals surface area contributed by atoms with Crippen LogP contribution >= 0.6 is 23.2 Å². The summed E-state index contributed by atoms with van der Waals surface area (Å²) in [5, 5.41) is 39.4. The van der Waals surface area contributed by atoms with Gasteiger partial charge in [-0.25, -0.2) is 0 Å². The van der Waals surface area contributed by atoms with Crippen LogP contribution in [0.2, 0.25) is 10.0 Å². The first-order chi connectivity index (χ1) is 27.5. The molecular formula is C44H65Cl2N3O10. The highest BCUT2D eigenvalue weighted by atomic mass is 35.5. The van der Waals surface area contributed by atoms with Gasteiger partial charge in [-0.05, 0) is 112 Å². The quantitative estimate of drug-likeness (QED) is 0.167. The number of carbonyl (C=O) groups is 3. The van der Waals surface area contributed by atoms with E-state index >= 15 is 0 Å². The van der Waals surface area contributed by atoms with Crippen molar-refractivity contribution in [2.75, 3.05) is 26.5 Å². The Kier molecular flexibility index (Phi) is 16.8. The molecule has 2 saturated heterocycles. The summed E-state index contributed by atoms with van der Waals surface area (Å²) in [5.41, 5.74) is -1.79. The molecule has 0 saturated carbocycles. The number of cyclic esters (lactones) is 1. The Morgan fingerprint density at radius 2 is 1.64 bits per heavy atom. The zero-order chi connectivity index (χ0) is 44.1. The maximum Gasteiger partial charge on any atom is 0.316 e. The Morgan fingerprint density at radius 3 is 2.25 bits per heavy atom. The SMILES string of the molecule is CC[C@H]1OC(=O)[C@H](C)C(=O)[C@H](C)[C@@H](O[C@@H]2O[C@H](C)C[C@H](N(C)C)[C@H]2OC(=O)Cc2ccccc2Nc2c(Cl)cccc2Cl)[C@](C)(O)CC[C@@H](C)N(C)[C@H](C)[C@@H](O)[C@]1(C)O. The summed E-state index contributed by atoms with van der Waals surface area (Å²) in [4.78, 5) is 45.7. The number of halogens is 2. The van der Waals surface area contributed by atoms with E-state index in [1.807, 2.05) is 50.9 Å². The molecule has 2 fully saturated rings. The molecule has 330 valence electrons. The highest BCUT2D eigenvalue weighted by Crippen LogP contribution is 2.37. The van der Waals surface area contributed by atoms with Crippen LogP contribution in [0.1, 0.15) is 86.6 Å². The maximum absolute atomic E-state index is 14.3. The van der Waals surface area contributed by atoms with Crippen LogP contribution in [0.4, 0.5) is 11.4 Å². The van der Waals surface area contributed by atoms with Crippen molar-refractivity contribution in [1.82, 2.24) is 9.80 Å². The second kappa shape index (κ2) is 20.3. The van der Waals surface area contributed by atoms with Gasteiger partial charge >= 0.3 is 11.9 Å². The molecule has 2 aliphatic heterocycles. The molecular weight excluding hydrogens is 801 g/mol. The largest absolute Gasteiger partial charge is 0.459 e. The number of esters is 2. The number of carbonyl (C=O) groups excluding carboxylic acids is 3. The van der Waals surface area contributed by atoms with Crippen LogP contribution < -0.4 is 5.32 Å². The van der Waals surface area contributed by atoms with E-state index in [2.05, 4.69) is 5.32 Å². The Balaban J connectivity index is 1.69. The highest BCUT2D eigenvalue weighted by Gasteiger charge is 2.50. The molecule has 59 heavy (non-hydrogen) atoms. The van der Waals surface area contributed by atoms with Crippen molar-refractivity contribution < 1.29 is 48.7 Å². The van der Waals surface area contributed by atoms with E-state index in [1.165, 1.54) is 13.8 Å². The van der Waals surface area contributed by atoms with E-state index in [4.69, 9.17) is 42.1 Å². The zero-order valence-electron chi connectivity index (χ0n) is 36.3. The molecule has 13 nitrogen and oxygen atoms in total. The maximum atomic E-state index is 14.3. The first-order valence-corrected chi connectivity index (χ1v) is 21.3. The van der Waals surface area contributed by atoms with Crippen LogP contribution in [-0.4, -0.2) is 130 Å². The number of aliphatic hydroxyl groups excluding tert-OH is 1. The fraction of sp³-hybridized carbons (Fsp3) is 0.659. The summed E-state index contributed by atoms with van der Waals surface area (Å²) < 4.78 is 25.1. The van der Waals surface area contributed by atoms with Crippen molar-refractivity contribution in [1.29, 1.82) is 0 Å². The molecule has 2 aromatic rings. The smallest absolute Gasteiger partial charge is 0.316 e. The fourth-order valence-electron chi connectivity index (χ4n) is 8.28. The number of nitrogens with zero attached hydrogens (tertiary/aromatic N) is 2. The van der Waals surface area contributed by atoms with E-state index in [-0.39, 0.29) is 37.5 Å². The lowest BCUT2D eigenvalue weighted by molar-refractivity contribution is -0.295. The van der Waals surface area contributed by atoms with Gasteiger partial charge in [0.05, 0.1) is 46.0 Å². The number of hydrogen-bond acceptors (Lipinski definition) is 13. The molecule has 0 radical (unpaired) electrons. The summed E-state index contributed by atoms with van der Waals surface area (Å²) in [6.45, 7) is 13.3. The van der Waals surface area contributed by atoms with Crippen LogP contribution in [0.25, 0.3) is 0 Å². The van der Waals surface area contributed by atoms with E-state index in [9.17, 15) is 29.7 Å². The van der Waals surface area contributed by atoms with Crippen molar-refractivity contribution >= 4 is 52.3 Å². The van der Waals surface area contributed by atoms with E-state index in [0.29, 0.717) is 39.8 Å². The topological polar surface area (TPSA) is 167 Å². The van der Waals surface area contributed by atoms with E-state index < -0.39 is 77.5 Å². The van der Waals surface area contributed by atoms with Crippen molar-refractivity contribution in [2.24, 2.45) is 11.8 Å². The summed E-state index contributed by atoms with van der Waals surface area (Å²) in [6, 6.07) is 11.2. The number of hydrogen-bond donors (Lipinski definition) is 4. The van der Waals surface area contributed by atoms with Crippen molar-refractivity contribution in [3.63, 3.8) is 0 Å². The number of para-hydroxylation sites is 2. The first kappa shape index (κ1) is 48.8. The Bertz CT molecular complexity index is 1740. The number of aliphatic hydroxyl groups is 3. The molecule has 0 unspecified atom stereocenters. The lowest BCUT2D eigenvalue weighted by Crippen LogP contribution is -2.59. The van der Waals surface area contributed by atoms with Gasteiger partial charge in [0.15, 0.2) is 18.2 Å². The van der Waals surface area contributed by atoms with Gasteiger partial charge in [0.1, 0.15) is 23.7 Å². The fourth-order valence-corrected chi connectivity index (χ4v) is 8.77. The second-order valence-corrected chi connectivity index (χ2v) is 18.0. The van der Waals surface area contributed by atoms with Crippen LogP contribution in [0, 0.1) is 11.8 Å². The summed E-state index contributed by atoms with van der Waals surface area (Å²) in [7, 11) is 5.54. The van der Waals surface area contributed by atoms with Crippen molar-refractivity contribution in [2.45, 2.75) is 154 Å². The zero-order valence-corrected chi connectivity index (χ0v) is 37.8. The number of nitrogens with one attached hydrogen (secondary N) is 1. The number of likely N-dealkylation sites (N-methyl/N-ethyl adjacent to an activating group) is 2. The van der Waals surface area contributed by atoms with Crippen LogP contribution in [0.5, 0.6) is 0 Å². The second-order valence-electron chi connectivity index (χ2n) is 17.2. The van der Waals surface area contributed by atoms with Crippen molar-refractivity contribution in [3.8, 4) is 0 Å². The predicted octanol–water partition coefficient (Wildman–Crippen LogP) is 6.17. The molecule has 0 amide bonds. The van der Waals surface area contributed by atoms with Crippen LogP contribution in [-0.2, 0) is 39.8 Å². The average molecular weight is 867 g/mol. The van der Waals surface area contributed by atoms with Crippen molar-refractivity contribution in [3.05, 3.63) is 58.1 Å². The van der Waals surface area contributed by atoms with Gasteiger partial charge in [0.2, 0.25) is 0 Å². The van der Waals surface area contributed by atoms with Gasteiger partial charge in [-0.1, -0.05) is 61.3 Å². The minimum absolute atomic E-state index is 0.135. The normalized spacial score (nSPS) is 35.7. The molecule has 0 aromatic heterocycles. The molecule has 2 aliphatic rings. The standard InChI is InChI=1S/C44H65Cl2N3O10/c1-12-34-44(8,55)39(52)28(6)49(11)24(2)20-21-43(7,54)40(26(4)37(51)27(5)41(53)57-34)59-42-38(33(48(9)10)22-25(3)56-42)58-35(50)23-29-16-13-14-19-32(29)47-36-30(45)17-15-18-31(36)46/h13-19,24-28,33-34,38-40,42,47,52,54-55H,12,20-23H2,1-11H3/t24-,25-,26+,27-,28-,33+,34-,38-,39-,40-,42+,43-,44-/m1/s1. The average Bonchev–Trinajstić information content (AvgIpc) is 3.18. The molecule has 4 rings (SSSR count). The third-order valence-corrected chi connectivity index (χ3v) is 13.0. The Morgan fingerprint density at radius 1 is 1.02 bits per heavy atom. The van der Waals surface area contributed by atoms with Crippen LogP contribution in [0.3, 0.4) is 0 Å². The van der Waals surface area contributed by atoms with Gasteiger partial charge in [0, 0.05) is 23.7 Å². The summed E-state index contributed by atoms with van der Waals surface area (Å²) >= 11 is 12.9. The first-order valence-electron chi connectivity index (χ1n) is 20.6. The third kappa shape index (κ3) is 11.5. The van der Waals surface area contributed by atoms with Crippen LogP contribution in [0.15, 0.2) is 42.5 Å². The molecule has 2 heterocycles. The lowest BCUT2D eigenvalue weighted by atomic mass is 9.80.